The first-order valence-electron chi connectivity index (χ1n) is 10.2. The van der Waals surface area contributed by atoms with Crippen LogP contribution < -0.4 is 10.6 Å². The molecule has 0 aromatic rings. The zero-order chi connectivity index (χ0) is 18.0. The molecule has 0 amide bonds. The third-order valence-corrected chi connectivity index (χ3v) is 5.80. The van der Waals surface area contributed by atoms with Gasteiger partial charge in [-0.1, -0.05) is 13.3 Å². The molecule has 1 aliphatic heterocycles. The zero-order valence-electron chi connectivity index (χ0n) is 16.6. The number of rotatable bonds is 10. The molecule has 6 heteroatoms. The minimum absolute atomic E-state index is 0.384. The van der Waals surface area contributed by atoms with E-state index >= 15 is 0 Å². The van der Waals surface area contributed by atoms with Crippen molar-refractivity contribution in [2.75, 3.05) is 72.6 Å². The molecule has 1 saturated carbocycles. The number of hydrogen-bond donors (Lipinski definition) is 2. The molecule has 0 radical (unpaired) electrons. The van der Waals surface area contributed by atoms with Crippen molar-refractivity contribution in [3.8, 4) is 0 Å². The molecule has 0 bridgehead atoms. The molecule has 0 atom stereocenters. The normalized spacial score (nSPS) is 21.8. The molecule has 2 fully saturated rings. The summed E-state index contributed by atoms with van der Waals surface area (Å²) in [4.78, 5) is 9.95. The number of ether oxygens (including phenoxy) is 1. The van der Waals surface area contributed by atoms with Crippen molar-refractivity contribution in [1.82, 2.24) is 20.4 Å². The first-order chi connectivity index (χ1) is 12.2. The van der Waals surface area contributed by atoms with E-state index in [4.69, 9.17) is 9.73 Å². The van der Waals surface area contributed by atoms with E-state index in [1.165, 1.54) is 52.0 Å². The highest BCUT2D eigenvalue weighted by molar-refractivity contribution is 5.79. The number of guanidine groups is 1. The van der Waals surface area contributed by atoms with Crippen molar-refractivity contribution in [2.45, 2.75) is 39.5 Å². The maximum atomic E-state index is 5.29. The van der Waals surface area contributed by atoms with Gasteiger partial charge in [-0.2, -0.15) is 0 Å². The van der Waals surface area contributed by atoms with Crippen LogP contribution in [0, 0.1) is 5.41 Å². The molecule has 146 valence electrons. The van der Waals surface area contributed by atoms with E-state index in [2.05, 4.69) is 34.3 Å². The van der Waals surface area contributed by atoms with Gasteiger partial charge in [-0.05, 0) is 38.1 Å². The minimum Gasteiger partial charge on any atom is -0.385 e. The smallest absolute Gasteiger partial charge is 0.191 e. The minimum atomic E-state index is 0.384. The van der Waals surface area contributed by atoms with Gasteiger partial charge in [0.1, 0.15) is 0 Å². The number of likely N-dealkylation sites (N-methyl/N-ethyl adjacent to an activating group) is 1. The van der Waals surface area contributed by atoms with Gasteiger partial charge >= 0.3 is 0 Å². The summed E-state index contributed by atoms with van der Waals surface area (Å²) in [6, 6.07) is 0. The predicted molar refractivity (Wildman–Crippen MR) is 105 cm³/mol. The highest BCUT2D eigenvalue weighted by Gasteiger charge is 2.36. The third kappa shape index (κ3) is 6.76. The Balaban J connectivity index is 1.72. The lowest BCUT2D eigenvalue weighted by molar-refractivity contribution is 0.0778. The van der Waals surface area contributed by atoms with Gasteiger partial charge in [-0.25, -0.2) is 0 Å². The van der Waals surface area contributed by atoms with Crippen molar-refractivity contribution in [3.63, 3.8) is 0 Å². The first-order valence-corrected chi connectivity index (χ1v) is 10.2. The second kappa shape index (κ2) is 11.0. The fourth-order valence-electron chi connectivity index (χ4n) is 3.73. The summed E-state index contributed by atoms with van der Waals surface area (Å²) in [5, 5.41) is 6.92. The third-order valence-electron chi connectivity index (χ3n) is 5.80. The van der Waals surface area contributed by atoms with Gasteiger partial charge in [0.2, 0.25) is 0 Å². The van der Waals surface area contributed by atoms with E-state index in [1.807, 2.05) is 0 Å². The van der Waals surface area contributed by atoms with Gasteiger partial charge in [0.25, 0.3) is 0 Å². The van der Waals surface area contributed by atoms with E-state index in [0.29, 0.717) is 5.41 Å². The number of nitrogens with one attached hydrogen (secondary N) is 2. The lowest BCUT2D eigenvalue weighted by Gasteiger charge is -2.40. The van der Waals surface area contributed by atoms with E-state index in [0.717, 1.165) is 45.2 Å². The Kier molecular flexibility index (Phi) is 8.99. The summed E-state index contributed by atoms with van der Waals surface area (Å²) < 4.78 is 5.29. The summed E-state index contributed by atoms with van der Waals surface area (Å²) >= 11 is 0. The monoisotopic (exact) mass is 353 g/mol. The molecule has 1 saturated heterocycles. The topological polar surface area (TPSA) is 52.1 Å². The zero-order valence-corrected chi connectivity index (χ0v) is 16.6. The second-order valence-corrected chi connectivity index (χ2v) is 7.49. The van der Waals surface area contributed by atoms with Gasteiger partial charge in [-0.15, -0.1) is 0 Å². The molecule has 0 aromatic carbocycles. The fraction of sp³-hybridized carbons (Fsp3) is 0.947. The average molecular weight is 354 g/mol. The molecule has 2 rings (SSSR count). The van der Waals surface area contributed by atoms with E-state index in [1.54, 1.807) is 7.11 Å². The molecule has 0 unspecified atom stereocenters. The van der Waals surface area contributed by atoms with Gasteiger partial charge in [0.15, 0.2) is 5.96 Å². The van der Waals surface area contributed by atoms with Crippen LogP contribution >= 0.6 is 0 Å². The number of hydrogen-bond acceptors (Lipinski definition) is 4. The lowest BCUT2D eigenvalue weighted by Crippen LogP contribution is -2.49. The van der Waals surface area contributed by atoms with E-state index < -0.39 is 0 Å². The van der Waals surface area contributed by atoms with Crippen LogP contribution in [-0.4, -0.2) is 88.4 Å². The Hall–Kier alpha value is -0.850. The molecular weight excluding hydrogens is 314 g/mol. The van der Waals surface area contributed by atoms with Crippen molar-refractivity contribution in [3.05, 3.63) is 0 Å². The van der Waals surface area contributed by atoms with E-state index in [-0.39, 0.29) is 0 Å². The number of nitrogens with zero attached hydrogens (tertiary/aromatic N) is 3. The summed E-state index contributed by atoms with van der Waals surface area (Å²) in [5.74, 6) is 0.971. The first kappa shape index (κ1) is 20.5. The van der Waals surface area contributed by atoms with Crippen molar-refractivity contribution in [2.24, 2.45) is 10.4 Å². The molecule has 0 spiro atoms. The van der Waals surface area contributed by atoms with Crippen LogP contribution in [0.15, 0.2) is 4.99 Å². The Bertz CT molecular complexity index is 389. The molecule has 6 nitrogen and oxygen atoms in total. The fourth-order valence-corrected chi connectivity index (χ4v) is 3.73. The largest absolute Gasteiger partial charge is 0.385 e. The standard InChI is InChI=1S/C19H39N5O/c1-4-20-18(22-17-19(7-6-8-19)9-16-25-3)21-10-11-24-14-12-23(5-2)13-15-24/h4-17H2,1-3H3,(H2,20,21,22). The highest BCUT2D eigenvalue weighted by Crippen LogP contribution is 2.44. The van der Waals surface area contributed by atoms with Crippen LogP contribution in [0.1, 0.15) is 39.5 Å². The summed E-state index contributed by atoms with van der Waals surface area (Å²) in [6.45, 7) is 15.1. The molecule has 2 N–H and O–H groups in total. The molecular formula is C19H39N5O. The maximum absolute atomic E-state index is 5.29. The van der Waals surface area contributed by atoms with Gasteiger partial charge in [0, 0.05) is 66.1 Å². The number of methoxy groups -OCH3 is 1. The lowest BCUT2D eigenvalue weighted by atomic mass is 9.67. The molecule has 2 aliphatic rings. The molecule has 1 heterocycles. The highest BCUT2D eigenvalue weighted by atomic mass is 16.5. The summed E-state index contributed by atoms with van der Waals surface area (Å²) in [6.07, 6.45) is 5.06. The summed E-state index contributed by atoms with van der Waals surface area (Å²) in [7, 11) is 1.79. The van der Waals surface area contributed by atoms with Crippen molar-refractivity contribution < 1.29 is 4.74 Å². The Morgan fingerprint density at radius 3 is 2.36 bits per heavy atom. The maximum Gasteiger partial charge on any atom is 0.191 e. The van der Waals surface area contributed by atoms with Crippen LogP contribution in [0.3, 0.4) is 0 Å². The molecule has 0 aromatic heterocycles. The van der Waals surface area contributed by atoms with Gasteiger partial charge < -0.3 is 20.3 Å². The van der Waals surface area contributed by atoms with Crippen LogP contribution in [0.5, 0.6) is 0 Å². The number of piperazine rings is 1. The molecule has 25 heavy (non-hydrogen) atoms. The molecule has 1 aliphatic carbocycles. The Labute approximate surface area is 154 Å². The van der Waals surface area contributed by atoms with Crippen LogP contribution in [0.25, 0.3) is 0 Å². The second-order valence-electron chi connectivity index (χ2n) is 7.49. The Morgan fingerprint density at radius 1 is 1.08 bits per heavy atom. The van der Waals surface area contributed by atoms with Crippen LogP contribution in [-0.2, 0) is 4.74 Å². The number of aliphatic imine (C=N–C) groups is 1. The van der Waals surface area contributed by atoms with Crippen molar-refractivity contribution >= 4 is 5.96 Å². The quantitative estimate of drug-likeness (QED) is 0.459. The van der Waals surface area contributed by atoms with E-state index in [9.17, 15) is 0 Å². The van der Waals surface area contributed by atoms with Gasteiger partial charge in [0.05, 0.1) is 0 Å². The Morgan fingerprint density at radius 2 is 1.80 bits per heavy atom. The summed E-state index contributed by atoms with van der Waals surface area (Å²) in [5.41, 5.74) is 0.384. The predicted octanol–water partition coefficient (Wildman–Crippen LogP) is 1.39. The van der Waals surface area contributed by atoms with Gasteiger partial charge in [-0.3, -0.25) is 9.89 Å². The average Bonchev–Trinajstić information content (AvgIpc) is 2.61. The van der Waals surface area contributed by atoms with Crippen LogP contribution in [0.2, 0.25) is 0 Å². The van der Waals surface area contributed by atoms with Crippen molar-refractivity contribution in [1.29, 1.82) is 0 Å². The SMILES string of the molecule is CCNC(=NCC1(CCOC)CCC1)NCCN1CCN(CC)CC1. The van der Waals surface area contributed by atoms with Crippen LogP contribution in [0.4, 0.5) is 0 Å².